The Morgan fingerprint density at radius 3 is 3.15 bits per heavy atom. The van der Waals surface area contributed by atoms with Gasteiger partial charge in [0.25, 0.3) is 0 Å². The summed E-state index contributed by atoms with van der Waals surface area (Å²) in [7, 11) is 0. The summed E-state index contributed by atoms with van der Waals surface area (Å²) in [6, 6.07) is 0.658. The first kappa shape index (κ1) is 12.4. The van der Waals surface area contributed by atoms with E-state index in [1.165, 1.54) is 32.1 Å². The van der Waals surface area contributed by atoms with E-state index in [0.717, 1.165) is 37.1 Å². The third-order valence-corrected chi connectivity index (χ3v) is 5.11. The molecule has 1 saturated carbocycles. The number of fused-ring (bicyclic) bond motifs is 3. The molecule has 5 nitrogen and oxygen atoms in total. The van der Waals surface area contributed by atoms with Crippen LogP contribution in [0.15, 0.2) is 6.20 Å². The molecule has 1 amide bonds. The normalized spacial score (nSPS) is 28.6. The Bertz CT molecular complexity index is 524. The molecule has 5 heteroatoms. The molecular weight excluding hydrogens is 252 g/mol. The zero-order valence-electron chi connectivity index (χ0n) is 11.8. The second-order valence-corrected chi connectivity index (χ2v) is 6.48. The number of nitrogens with zero attached hydrogens (tertiary/aromatic N) is 3. The average molecular weight is 274 g/mol. The van der Waals surface area contributed by atoms with Crippen molar-refractivity contribution in [3.8, 4) is 0 Å². The van der Waals surface area contributed by atoms with Gasteiger partial charge in [-0.05, 0) is 38.0 Å². The fourth-order valence-electron chi connectivity index (χ4n) is 4.10. The number of rotatable bonds is 3. The Kier molecular flexibility index (Phi) is 3.02. The van der Waals surface area contributed by atoms with Gasteiger partial charge in [-0.25, -0.2) is 4.98 Å². The number of imidazole rings is 1. The zero-order valence-corrected chi connectivity index (χ0v) is 11.8. The molecule has 1 saturated heterocycles. The van der Waals surface area contributed by atoms with Crippen molar-refractivity contribution in [2.75, 3.05) is 18.4 Å². The molecule has 0 unspecified atom stereocenters. The summed E-state index contributed by atoms with van der Waals surface area (Å²) in [5.41, 5.74) is 0. The number of amides is 1. The molecule has 0 radical (unpaired) electrons. The summed E-state index contributed by atoms with van der Waals surface area (Å²) in [5, 5.41) is 3.06. The molecule has 3 aliphatic rings. The lowest BCUT2D eigenvalue weighted by atomic mass is 10.1. The van der Waals surface area contributed by atoms with Crippen LogP contribution in [0.4, 0.5) is 5.82 Å². The van der Waals surface area contributed by atoms with Crippen molar-refractivity contribution >= 4 is 11.7 Å². The number of carbonyl (C=O) groups is 1. The van der Waals surface area contributed by atoms with Crippen LogP contribution >= 0.6 is 0 Å². The van der Waals surface area contributed by atoms with Crippen LogP contribution in [0, 0.1) is 5.92 Å². The van der Waals surface area contributed by atoms with Crippen molar-refractivity contribution < 1.29 is 4.79 Å². The van der Waals surface area contributed by atoms with Gasteiger partial charge in [-0.15, -0.1) is 0 Å². The molecule has 0 spiro atoms. The van der Waals surface area contributed by atoms with Gasteiger partial charge in [0, 0.05) is 25.6 Å². The van der Waals surface area contributed by atoms with Gasteiger partial charge in [0.2, 0.25) is 5.91 Å². The number of anilines is 1. The quantitative estimate of drug-likeness (QED) is 0.911. The van der Waals surface area contributed by atoms with Crippen LogP contribution in [0.1, 0.15) is 37.9 Å². The third kappa shape index (κ3) is 2.14. The molecule has 4 rings (SSSR count). The standard InChI is InChI=1S/C15H22N4O/c20-15(10-18-9-11-4-5-12(18)7-11)17-14-8-16-13-3-1-2-6-19(13)14/h8,11-12H,1-7,9-10H2,(H,17,20)/t11-,12+/m1/s1. The molecule has 20 heavy (non-hydrogen) atoms. The summed E-state index contributed by atoms with van der Waals surface area (Å²) in [6.07, 6.45) is 9.18. The number of hydrogen-bond donors (Lipinski definition) is 1. The molecule has 1 aromatic rings. The van der Waals surface area contributed by atoms with Gasteiger partial charge in [-0.2, -0.15) is 0 Å². The van der Waals surface area contributed by atoms with Crippen molar-refractivity contribution in [3.05, 3.63) is 12.0 Å². The van der Waals surface area contributed by atoms with E-state index in [1.54, 1.807) is 0 Å². The van der Waals surface area contributed by atoms with Crippen LogP contribution in [-0.4, -0.2) is 39.5 Å². The lowest BCUT2D eigenvalue weighted by Gasteiger charge is -2.26. The second kappa shape index (κ2) is 4.88. The monoisotopic (exact) mass is 274 g/mol. The Morgan fingerprint density at radius 1 is 1.40 bits per heavy atom. The second-order valence-electron chi connectivity index (χ2n) is 6.48. The topological polar surface area (TPSA) is 50.2 Å². The smallest absolute Gasteiger partial charge is 0.239 e. The maximum absolute atomic E-state index is 12.2. The summed E-state index contributed by atoms with van der Waals surface area (Å²) in [4.78, 5) is 19.0. The van der Waals surface area contributed by atoms with Crippen molar-refractivity contribution in [1.29, 1.82) is 0 Å². The minimum atomic E-state index is 0.117. The van der Waals surface area contributed by atoms with Crippen LogP contribution in [0.3, 0.4) is 0 Å². The van der Waals surface area contributed by atoms with Gasteiger partial charge >= 0.3 is 0 Å². The van der Waals surface area contributed by atoms with Crippen molar-refractivity contribution in [2.45, 2.75) is 51.1 Å². The summed E-state index contributed by atoms with van der Waals surface area (Å²) in [6.45, 7) is 2.64. The van der Waals surface area contributed by atoms with E-state index in [2.05, 4.69) is 19.8 Å². The van der Waals surface area contributed by atoms with Gasteiger partial charge in [0.15, 0.2) is 0 Å². The third-order valence-electron chi connectivity index (χ3n) is 5.11. The predicted molar refractivity (Wildman–Crippen MR) is 76.5 cm³/mol. The highest BCUT2D eigenvalue weighted by molar-refractivity contribution is 5.91. The Balaban J connectivity index is 1.39. The van der Waals surface area contributed by atoms with E-state index in [-0.39, 0.29) is 5.91 Å². The van der Waals surface area contributed by atoms with Crippen LogP contribution in [-0.2, 0) is 17.8 Å². The first-order chi connectivity index (χ1) is 9.79. The lowest BCUT2D eigenvalue weighted by molar-refractivity contribution is -0.117. The largest absolute Gasteiger partial charge is 0.315 e. The zero-order chi connectivity index (χ0) is 13.5. The fourth-order valence-corrected chi connectivity index (χ4v) is 4.10. The molecule has 108 valence electrons. The minimum Gasteiger partial charge on any atom is -0.315 e. The van der Waals surface area contributed by atoms with Crippen molar-refractivity contribution in [1.82, 2.24) is 14.5 Å². The lowest BCUT2D eigenvalue weighted by Crippen LogP contribution is -2.38. The van der Waals surface area contributed by atoms with Crippen LogP contribution in [0.2, 0.25) is 0 Å². The molecular formula is C15H22N4O. The van der Waals surface area contributed by atoms with E-state index >= 15 is 0 Å². The van der Waals surface area contributed by atoms with E-state index in [4.69, 9.17) is 0 Å². The molecule has 2 fully saturated rings. The van der Waals surface area contributed by atoms with Crippen LogP contribution in [0.25, 0.3) is 0 Å². The van der Waals surface area contributed by atoms with Gasteiger partial charge < -0.3 is 9.88 Å². The number of aryl methyl sites for hydroxylation is 1. The molecule has 2 aliphatic heterocycles. The Morgan fingerprint density at radius 2 is 2.35 bits per heavy atom. The van der Waals surface area contributed by atoms with Crippen LogP contribution < -0.4 is 5.32 Å². The van der Waals surface area contributed by atoms with E-state index in [9.17, 15) is 4.79 Å². The number of piperidine rings is 1. The molecule has 0 aromatic carbocycles. The maximum atomic E-state index is 12.2. The molecule has 3 heterocycles. The first-order valence-electron chi connectivity index (χ1n) is 7.88. The number of likely N-dealkylation sites (tertiary alicyclic amines) is 1. The number of aromatic nitrogens is 2. The fraction of sp³-hybridized carbons (Fsp3) is 0.733. The molecule has 2 atom stereocenters. The van der Waals surface area contributed by atoms with E-state index in [0.29, 0.717) is 12.6 Å². The van der Waals surface area contributed by atoms with Crippen molar-refractivity contribution in [3.63, 3.8) is 0 Å². The Hall–Kier alpha value is -1.36. The van der Waals surface area contributed by atoms with Gasteiger partial charge in [-0.3, -0.25) is 9.69 Å². The van der Waals surface area contributed by atoms with Gasteiger partial charge in [-0.1, -0.05) is 0 Å². The Labute approximate surface area is 119 Å². The highest BCUT2D eigenvalue weighted by atomic mass is 16.2. The SMILES string of the molecule is O=C(CN1C[C@@H]2CC[C@H]1C2)Nc1cnc2n1CCCC2. The highest BCUT2D eigenvalue weighted by Gasteiger charge is 2.38. The average Bonchev–Trinajstić information content (AvgIpc) is 3.14. The molecule has 1 aliphatic carbocycles. The van der Waals surface area contributed by atoms with E-state index in [1.807, 2.05) is 6.20 Å². The summed E-state index contributed by atoms with van der Waals surface area (Å²) >= 11 is 0. The molecule has 1 aromatic heterocycles. The number of carbonyl (C=O) groups excluding carboxylic acids is 1. The predicted octanol–water partition coefficient (Wildman–Crippen LogP) is 1.64. The highest BCUT2D eigenvalue weighted by Crippen LogP contribution is 2.37. The molecule has 1 N–H and O–H groups in total. The minimum absolute atomic E-state index is 0.117. The van der Waals surface area contributed by atoms with E-state index < -0.39 is 0 Å². The summed E-state index contributed by atoms with van der Waals surface area (Å²) in [5.74, 6) is 2.96. The number of hydrogen-bond acceptors (Lipinski definition) is 3. The van der Waals surface area contributed by atoms with Crippen molar-refractivity contribution in [2.24, 2.45) is 5.92 Å². The first-order valence-corrected chi connectivity index (χ1v) is 7.88. The molecule has 2 bridgehead atoms. The number of nitrogens with one attached hydrogen (secondary N) is 1. The van der Waals surface area contributed by atoms with Gasteiger partial charge in [0.05, 0.1) is 12.7 Å². The van der Waals surface area contributed by atoms with Crippen LogP contribution in [0.5, 0.6) is 0 Å². The van der Waals surface area contributed by atoms with Gasteiger partial charge in [0.1, 0.15) is 11.6 Å². The maximum Gasteiger partial charge on any atom is 0.239 e. The summed E-state index contributed by atoms with van der Waals surface area (Å²) < 4.78 is 2.16.